The zero-order chi connectivity index (χ0) is 14.2. The molecule has 2 rings (SSSR count). The molecule has 7 N–H and O–H groups in total. The van der Waals surface area contributed by atoms with E-state index >= 15 is 0 Å². The summed E-state index contributed by atoms with van der Waals surface area (Å²) in [7, 11) is 0. The highest BCUT2D eigenvalue weighted by atomic mass is 16.2. The highest BCUT2D eigenvalue weighted by Gasteiger charge is 2.38. The van der Waals surface area contributed by atoms with Gasteiger partial charge in [-0.1, -0.05) is 0 Å². The number of anilines is 1. The van der Waals surface area contributed by atoms with Crippen LogP contribution >= 0.6 is 0 Å². The van der Waals surface area contributed by atoms with Crippen molar-refractivity contribution < 1.29 is 4.79 Å². The molecule has 1 aliphatic heterocycles. The summed E-state index contributed by atoms with van der Waals surface area (Å²) < 4.78 is 0. The molecule has 0 aromatic heterocycles. The van der Waals surface area contributed by atoms with E-state index in [0.717, 1.165) is 11.3 Å². The van der Waals surface area contributed by atoms with Gasteiger partial charge in [0.05, 0.1) is 11.1 Å². The van der Waals surface area contributed by atoms with Gasteiger partial charge in [0.25, 0.3) is 0 Å². The molecule has 1 aliphatic rings. The first-order chi connectivity index (χ1) is 8.80. The SMILES string of the molecule is CC1(C)C(=O)Nc2ccc(N=C(N)N=C(N)N)cc21. The maximum Gasteiger partial charge on any atom is 0.234 e. The summed E-state index contributed by atoms with van der Waals surface area (Å²) in [6.45, 7) is 3.70. The third-order valence-electron chi connectivity index (χ3n) is 2.98. The molecule has 0 saturated heterocycles. The van der Waals surface area contributed by atoms with Gasteiger partial charge in [-0.3, -0.25) is 4.79 Å². The number of nitrogens with zero attached hydrogens (tertiary/aromatic N) is 2. The molecule has 0 fully saturated rings. The molecule has 1 amide bonds. The van der Waals surface area contributed by atoms with E-state index in [-0.39, 0.29) is 17.8 Å². The lowest BCUT2D eigenvalue weighted by Gasteiger charge is -2.15. The van der Waals surface area contributed by atoms with Crippen molar-refractivity contribution in [2.45, 2.75) is 19.3 Å². The van der Waals surface area contributed by atoms with Crippen molar-refractivity contribution in [1.82, 2.24) is 0 Å². The summed E-state index contributed by atoms with van der Waals surface area (Å²) >= 11 is 0. The molecule has 0 aliphatic carbocycles. The molecule has 0 radical (unpaired) electrons. The molecule has 19 heavy (non-hydrogen) atoms. The van der Waals surface area contributed by atoms with E-state index in [1.54, 1.807) is 18.2 Å². The largest absolute Gasteiger partial charge is 0.370 e. The summed E-state index contributed by atoms with van der Waals surface area (Å²) in [4.78, 5) is 19.5. The Hall–Kier alpha value is -2.57. The van der Waals surface area contributed by atoms with Crippen molar-refractivity contribution in [3.63, 3.8) is 0 Å². The molecule has 0 saturated carbocycles. The van der Waals surface area contributed by atoms with E-state index < -0.39 is 5.41 Å². The van der Waals surface area contributed by atoms with Gasteiger partial charge in [-0.15, -0.1) is 0 Å². The van der Waals surface area contributed by atoms with Crippen LogP contribution in [0.3, 0.4) is 0 Å². The van der Waals surface area contributed by atoms with E-state index in [0.29, 0.717) is 5.69 Å². The maximum absolute atomic E-state index is 11.8. The molecule has 1 heterocycles. The van der Waals surface area contributed by atoms with Crippen LogP contribution in [0.1, 0.15) is 19.4 Å². The minimum absolute atomic E-state index is 0.0324. The predicted molar refractivity (Wildman–Crippen MR) is 75.2 cm³/mol. The minimum atomic E-state index is -0.591. The number of amides is 1. The Morgan fingerprint density at radius 2 is 1.95 bits per heavy atom. The fourth-order valence-corrected chi connectivity index (χ4v) is 1.92. The van der Waals surface area contributed by atoms with E-state index in [4.69, 9.17) is 17.2 Å². The van der Waals surface area contributed by atoms with Crippen molar-refractivity contribution in [1.29, 1.82) is 0 Å². The maximum atomic E-state index is 11.8. The number of rotatable bonds is 1. The third kappa shape index (κ3) is 2.35. The fourth-order valence-electron chi connectivity index (χ4n) is 1.92. The topological polar surface area (TPSA) is 132 Å². The average molecular weight is 260 g/mol. The average Bonchev–Trinajstić information content (AvgIpc) is 2.50. The number of fused-ring (bicyclic) bond motifs is 1. The Kier molecular flexibility index (Phi) is 2.89. The molecular formula is C12H16N6O. The molecule has 0 spiro atoms. The lowest BCUT2D eigenvalue weighted by atomic mass is 9.86. The number of nitrogens with two attached hydrogens (primary N) is 3. The highest BCUT2D eigenvalue weighted by Crippen LogP contribution is 2.39. The second-order valence-corrected chi connectivity index (χ2v) is 4.82. The van der Waals surface area contributed by atoms with Gasteiger partial charge in [0.2, 0.25) is 11.9 Å². The third-order valence-corrected chi connectivity index (χ3v) is 2.98. The number of hydrogen-bond donors (Lipinski definition) is 4. The second kappa shape index (κ2) is 4.27. The summed E-state index contributed by atoms with van der Waals surface area (Å²) in [6, 6.07) is 5.31. The summed E-state index contributed by atoms with van der Waals surface area (Å²) in [5.74, 6) is -0.226. The van der Waals surface area contributed by atoms with Crippen molar-refractivity contribution in [3.05, 3.63) is 23.8 Å². The van der Waals surface area contributed by atoms with E-state index in [9.17, 15) is 4.79 Å². The number of hydrogen-bond acceptors (Lipinski definition) is 2. The van der Waals surface area contributed by atoms with Gasteiger partial charge in [0.1, 0.15) is 0 Å². The van der Waals surface area contributed by atoms with Crippen LogP contribution in [0.4, 0.5) is 11.4 Å². The number of nitrogens with one attached hydrogen (secondary N) is 1. The normalized spacial score (nSPS) is 16.7. The summed E-state index contributed by atoms with van der Waals surface area (Å²) in [5.41, 5.74) is 17.6. The van der Waals surface area contributed by atoms with E-state index in [2.05, 4.69) is 15.3 Å². The first-order valence-corrected chi connectivity index (χ1v) is 5.70. The predicted octanol–water partition coefficient (Wildman–Crippen LogP) is 0.136. The number of carbonyl (C=O) groups is 1. The Balaban J connectivity index is 2.41. The van der Waals surface area contributed by atoms with Gasteiger partial charge in [0, 0.05) is 5.69 Å². The van der Waals surface area contributed by atoms with Crippen molar-refractivity contribution in [2.75, 3.05) is 5.32 Å². The molecule has 7 nitrogen and oxygen atoms in total. The lowest BCUT2D eigenvalue weighted by molar-refractivity contribution is -0.119. The zero-order valence-electron chi connectivity index (χ0n) is 10.8. The second-order valence-electron chi connectivity index (χ2n) is 4.82. The molecule has 0 unspecified atom stereocenters. The quantitative estimate of drug-likeness (QED) is 0.422. The van der Waals surface area contributed by atoms with Crippen LogP contribution in [0.25, 0.3) is 0 Å². The van der Waals surface area contributed by atoms with Gasteiger partial charge in [-0.25, -0.2) is 4.99 Å². The summed E-state index contributed by atoms with van der Waals surface area (Å²) in [5, 5.41) is 2.81. The van der Waals surface area contributed by atoms with Crippen LogP contribution in [0, 0.1) is 0 Å². The Morgan fingerprint density at radius 1 is 1.26 bits per heavy atom. The summed E-state index contributed by atoms with van der Waals surface area (Å²) in [6.07, 6.45) is 0. The van der Waals surface area contributed by atoms with Crippen molar-refractivity contribution in [2.24, 2.45) is 27.2 Å². The molecular weight excluding hydrogens is 244 g/mol. The van der Waals surface area contributed by atoms with Gasteiger partial charge in [-0.05, 0) is 37.6 Å². The van der Waals surface area contributed by atoms with Gasteiger partial charge in [-0.2, -0.15) is 4.99 Å². The van der Waals surface area contributed by atoms with Crippen LogP contribution in [-0.2, 0) is 10.2 Å². The Bertz CT molecular complexity index is 598. The Morgan fingerprint density at radius 3 is 2.58 bits per heavy atom. The minimum Gasteiger partial charge on any atom is -0.370 e. The van der Waals surface area contributed by atoms with Gasteiger partial charge >= 0.3 is 0 Å². The van der Waals surface area contributed by atoms with Crippen molar-refractivity contribution >= 4 is 29.2 Å². The molecule has 100 valence electrons. The zero-order valence-corrected chi connectivity index (χ0v) is 10.8. The van der Waals surface area contributed by atoms with Gasteiger partial charge < -0.3 is 22.5 Å². The van der Waals surface area contributed by atoms with Gasteiger partial charge in [0.15, 0.2) is 5.96 Å². The van der Waals surface area contributed by atoms with Crippen LogP contribution in [0.2, 0.25) is 0 Å². The number of guanidine groups is 2. The number of aliphatic imine (C=N–C) groups is 2. The molecule has 0 atom stereocenters. The van der Waals surface area contributed by atoms with Crippen molar-refractivity contribution in [3.8, 4) is 0 Å². The Labute approximate surface area is 110 Å². The molecule has 7 heteroatoms. The first-order valence-electron chi connectivity index (χ1n) is 5.70. The molecule has 1 aromatic rings. The number of carbonyl (C=O) groups excluding carboxylic acids is 1. The van der Waals surface area contributed by atoms with Crippen LogP contribution in [0.15, 0.2) is 28.2 Å². The van der Waals surface area contributed by atoms with Crippen LogP contribution < -0.4 is 22.5 Å². The monoisotopic (exact) mass is 260 g/mol. The van der Waals surface area contributed by atoms with E-state index in [1.807, 2.05) is 13.8 Å². The molecule has 1 aromatic carbocycles. The fraction of sp³-hybridized carbons (Fsp3) is 0.250. The lowest BCUT2D eigenvalue weighted by Crippen LogP contribution is -2.27. The van der Waals surface area contributed by atoms with E-state index in [1.165, 1.54) is 0 Å². The smallest absolute Gasteiger partial charge is 0.234 e. The highest BCUT2D eigenvalue weighted by molar-refractivity contribution is 6.06. The standard InChI is InChI=1S/C12H16N6O/c1-12(2)7-5-6(16-11(15)18-10(13)14)3-4-8(7)17-9(12)19/h3-5H,1-2H3,(H,17,19)(H6,13,14,15,16,18). The first kappa shape index (κ1) is 12.9. The number of benzene rings is 1. The van der Waals surface area contributed by atoms with Crippen LogP contribution in [-0.4, -0.2) is 17.8 Å². The van der Waals surface area contributed by atoms with Crippen LogP contribution in [0.5, 0.6) is 0 Å². The molecule has 0 bridgehead atoms.